The van der Waals surface area contributed by atoms with Gasteiger partial charge in [0.2, 0.25) is 5.88 Å². The van der Waals surface area contributed by atoms with Gasteiger partial charge in [-0.3, -0.25) is 0 Å². The summed E-state index contributed by atoms with van der Waals surface area (Å²) < 4.78 is 19.3. The van der Waals surface area contributed by atoms with Gasteiger partial charge in [-0.05, 0) is 119 Å². The fourth-order valence-electron chi connectivity index (χ4n) is 7.01. The molecule has 0 aliphatic heterocycles. The van der Waals surface area contributed by atoms with Gasteiger partial charge in [-0.1, -0.05) is 0 Å². The van der Waals surface area contributed by atoms with Crippen molar-refractivity contribution in [3.05, 3.63) is 30.1 Å². The summed E-state index contributed by atoms with van der Waals surface area (Å²) in [6.07, 6.45) is 6.25. The summed E-state index contributed by atoms with van der Waals surface area (Å²) in [5, 5.41) is 18.2. The molecule has 4 fully saturated rings. The van der Waals surface area contributed by atoms with Crippen LogP contribution in [-0.4, -0.2) is 61.5 Å². The first kappa shape index (κ1) is 33.0. The monoisotopic (exact) mass is 625 g/mol. The minimum absolute atomic E-state index is 0.120. The van der Waals surface area contributed by atoms with Crippen LogP contribution in [0.1, 0.15) is 119 Å². The number of alkyl carbamates (subject to hydrolysis) is 1. The second kappa shape index (κ2) is 11.5. The van der Waals surface area contributed by atoms with Crippen molar-refractivity contribution in [2.24, 2.45) is 5.41 Å². The standard InChI is InChI=1S/C34H51N5O6/c1-30(2,3)39-27(18-25(37-39)22-10-11-24(40)16-22)38(29(42)45-32(7,8)9)23-12-14-35-26(17-23)43-15-13-33-19-34(20-33,21-33)36-28(41)44-31(4,5)6/h12,14,17-18,22,24,40H,10-11,13,15-16,19-21H2,1-9H3,(H,36,41)/t22-,24+,33?,34?/m0/s1. The highest BCUT2D eigenvalue weighted by Crippen LogP contribution is 2.68. The zero-order valence-electron chi connectivity index (χ0n) is 28.4. The van der Waals surface area contributed by atoms with E-state index in [1.807, 2.05) is 73.1 Å². The number of anilines is 2. The summed E-state index contributed by atoms with van der Waals surface area (Å²) in [7, 11) is 0. The van der Waals surface area contributed by atoms with E-state index in [2.05, 4.69) is 10.3 Å². The summed E-state index contributed by atoms with van der Waals surface area (Å²) in [6.45, 7) is 17.7. The fourth-order valence-corrected chi connectivity index (χ4v) is 7.01. The van der Waals surface area contributed by atoms with Gasteiger partial charge in [0.15, 0.2) is 0 Å². The minimum atomic E-state index is -0.717. The lowest BCUT2D eigenvalue weighted by Gasteiger charge is -2.70. The molecule has 6 rings (SSSR count). The van der Waals surface area contributed by atoms with Crippen molar-refractivity contribution in [1.82, 2.24) is 20.1 Å². The maximum absolute atomic E-state index is 13.8. The summed E-state index contributed by atoms with van der Waals surface area (Å²) in [5.41, 5.74) is -0.246. The van der Waals surface area contributed by atoms with E-state index < -0.39 is 22.8 Å². The second-order valence-corrected chi connectivity index (χ2v) is 16.4. The van der Waals surface area contributed by atoms with Crippen LogP contribution < -0.4 is 15.0 Å². The lowest BCUT2D eigenvalue weighted by atomic mass is 9.38. The normalized spacial score (nSPS) is 26.0. The van der Waals surface area contributed by atoms with E-state index in [0.29, 0.717) is 30.4 Å². The third kappa shape index (κ3) is 7.56. The number of aliphatic hydroxyl groups excluding tert-OH is 1. The van der Waals surface area contributed by atoms with Crippen LogP contribution in [-0.2, 0) is 15.0 Å². The number of nitrogens with one attached hydrogen (secondary N) is 1. The fraction of sp³-hybridized carbons (Fsp3) is 0.706. The molecule has 2 aromatic rings. The molecule has 0 radical (unpaired) electrons. The van der Waals surface area contributed by atoms with E-state index >= 15 is 0 Å². The van der Waals surface area contributed by atoms with Gasteiger partial charge in [-0.15, -0.1) is 0 Å². The van der Waals surface area contributed by atoms with Crippen molar-refractivity contribution >= 4 is 23.7 Å². The van der Waals surface area contributed by atoms with Crippen LogP contribution in [0.3, 0.4) is 0 Å². The maximum Gasteiger partial charge on any atom is 0.420 e. The summed E-state index contributed by atoms with van der Waals surface area (Å²) in [6, 6.07) is 5.47. The number of pyridine rings is 1. The van der Waals surface area contributed by atoms with Crippen LogP contribution in [0, 0.1) is 5.41 Å². The third-order valence-corrected chi connectivity index (χ3v) is 8.74. The van der Waals surface area contributed by atoms with E-state index in [1.54, 1.807) is 23.2 Å². The maximum atomic E-state index is 13.8. The number of rotatable bonds is 8. The van der Waals surface area contributed by atoms with E-state index in [4.69, 9.17) is 19.3 Å². The molecule has 0 spiro atoms. The Hall–Kier alpha value is -3.34. The number of nitrogens with zero attached hydrogens (tertiary/aromatic N) is 4. The van der Waals surface area contributed by atoms with E-state index in [0.717, 1.165) is 44.2 Å². The number of aliphatic hydroxyl groups is 1. The Kier molecular flexibility index (Phi) is 8.42. The molecular formula is C34H51N5O6. The Labute approximate surface area is 267 Å². The molecule has 11 heteroatoms. The third-order valence-electron chi connectivity index (χ3n) is 8.74. The number of hydrogen-bond donors (Lipinski definition) is 2. The smallest absolute Gasteiger partial charge is 0.420 e. The van der Waals surface area contributed by atoms with Crippen molar-refractivity contribution in [2.75, 3.05) is 11.5 Å². The van der Waals surface area contributed by atoms with Crippen LogP contribution in [0.5, 0.6) is 5.88 Å². The van der Waals surface area contributed by atoms with Gasteiger partial charge in [0.1, 0.15) is 17.0 Å². The van der Waals surface area contributed by atoms with Gasteiger partial charge in [-0.2, -0.15) is 5.10 Å². The number of aromatic nitrogens is 3. The molecule has 2 atom stereocenters. The first-order valence-electron chi connectivity index (χ1n) is 16.2. The molecule has 11 nitrogen and oxygen atoms in total. The molecule has 2 aromatic heterocycles. The minimum Gasteiger partial charge on any atom is -0.478 e. The molecule has 2 heterocycles. The molecule has 45 heavy (non-hydrogen) atoms. The van der Waals surface area contributed by atoms with Crippen LogP contribution in [0.4, 0.5) is 21.1 Å². The quantitative estimate of drug-likeness (QED) is 0.323. The number of carbonyl (C=O) groups excluding carboxylic acids is 2. The zero-order chi connectivity index (χ0) is 33.0. The van der Waals surface area contributed by atoms with Crippen LogP contribution in [0.15, 0.2) is 24.4 Å². The highest BCUT2D eigenvalue weighted by Gasteiger charge is 2.68. The molecular weight excluding hydrogens is 574 g/mol. The Bertz CT molecular complexity index is 1400. The van der Waals surface area contributed by atoms with Gasteiger partial charge >= 0.3 is 12.2 Å². The lowest BCUT2D eigenvalue weighted by Crippen LogP contribution is -2.75. The van der Waals surface area contributed by atoms with Gasteiger partial charge in [-0.25, -0.2) is 24.2 Å². The highest BCUT2D eigenvalue weighted by atomic mass is 16.6. The zero-order valence-corrected chi connectivity index (χ0v) is 28.4. The summed E-state index contributed by atoms with van der Waals surface area (Å²) in [5.74, 6) is 1.12. The van der Waals surface area contributed by atoms with E-state index in [9.17, 15) is 14.7 Å². The van der Waals surface area contributed by atoms with E-state index in [1.165, 1.54) is 0 Å². The molecule has 2 bridgehead atoms. The van der Waals surface area contributed by atoms with Crippen molar-refractivity contribution in [2.45, 2.75) is 142 Å². The summed E-state index contributed by atoms with van der Waals surface area (Å²) >= 11 is 0. The largest absolute Gasteiger partial charge is 0.478 e. The van der Waals surface area contributed by atoms with Gasteiger partial charge in [0.25, 0.3) is 0 Å². The molecule has 4 aliphatic rings. The molecule has 0 saturated heterocycles. The molecule has 4 saturated carbocycles. The van der Waals surface area contributed by atoms with Crippen molar-refractivity contribution in [3.8, 4) is 5.88 Å². The lowest BCUT2D eigenvalue weighted by molar-refractivity contribution is -0.160. The highest BCUT2D eigenvalue weighted by molar-refractivity contribution is 5.95. The topological polar surface area (TPSA) is 128 Å². The molecule has 4 aliphatic carbocycles. The SMILES string of the molecule is CC(C)(C)OC(=O)NC12CC(CCOc3cc(N(C(=O)OC(C)(C)C)c4cc([C@H]5CC[C@@H](O)C5)nn4C(C)(C)C)ccn3)(C1)C2. The molecule has 2 amide bonds. The first-order chi connectivity index (χ1) is 20.8. The van der Waals surface area contributed by atoms with Gasteiger partial charge in [0, 0.05) is 29.8 Å². The Morgan fingerprint density at radius 2 is 1.69 bits per heavy atom. The average Bonchev–Trinajstić information content (AvgIpc) is 3.46. The Morgan fingerprint density at radius 3 is 2.27 bits per heavy atom. The predicted molar refractivity (Wildman–Crippen MR) is 171 cm³/mol. The Morgan fingerprint density at radius 1 is 1.02 bits per heavy atom. The number of amides is 2. The number of ether oxygens (including phenoxy) is 3. The molecule has 248 valence electrons. The summed E-state index contributed by atoms with van der Waals surface area (Å²) in [4.78, 5) is 32.1. The molecule has 2 N–H and O–H groups in total. The molecule has 0 unspecified atom stereocenters. The predicted octanol–water partition coefficient (Wildman–Crippen LogP) is 6.95. The second-order valence-electron chi connectivity index (χ2n) is 16.4. The number of hydrogen-bond acceptors (Lipinski definition) is 8. The average molecular weight is 626 g/mol. The van der Waals surface area contributed by atoms with Gasteiger partial charge in [0.05, 0.1) is 29.6 Å². The van der Waals surface area contributed by atoms with Crippen LogP contribution >= 0.6 is 0 Å². The van der Waals surface area contributed by atoms with Crippen molar-refractivity contribution in [3.63, 3.8) is 0 Å². The van der Waals surface area contributed by atoms with Crippen LogP contribution in [0.2, 0.25) is 0 Å². The van der Waals surface area contributed by atoms with Gasteiger partial charge < -0.3 is 24.6 Å². The number of carbonyl (C=O) groups is 2. The first-order valence-corrected chi connectivity index (χ1v) is 16.2. The van der Waals surface area contributed by atoms with Crippen LogP contribution in [0.25, 0.3) is 0 Å². The Balaban J connectivity index is 1.31. The van der Waals surface area contributed by atoms with Crippen molar-refractivity contribution in [1.29, 1.82) is 0 Å². The van der Waals surface area contributed by atoms with E-state index in [-0.39, 0.29) is 29.1 Å². The van der Waals surface area contributed by atoms with Crippen molar-refractivity contribution < 1.29 is 28.9 Å². The molecule has 0 aromatic carbocycles.